The van der Waals surface area contributed by atoms with Crippen LogP contribution in [0.5, 0.6) is 0 Å². The Balaban J connectivity index is 1.75. The Bertz CT molecular complexity index is 920. The first-order valence-corrected chi connectivity index (χ1v) is 9.14. The number of hydrogen-bond donors (Lipinski definition) is 1. The zero-order valence-corrected chi connectivity index (χ0v) is 14.6. The molecule has 0 unspecified atom stereocenters. The second-order valence-corrected chi connectivity index (χ2v) is 7.42. The minimum atomic E-state index is -3.83. The predicted octanol–water partition coefficient (Wildman–Crippen LogP) is 4.13. The number of furan rings is 1. The van der Waals surface area contributed by atoms with E-state index in [1.807, 2.05) is 0 Å². The van der Waals surface area contributed by atoms with Crippen molar-refractivity contribution in [2.75, 3.05) is 0 Å². The molecule has 5 nitrogen and oxygen atoms in total. The summed E-state index contributed by atoms with van der Waals surface area (Å²) in [6, 6.07) is 11.6. The Labute approximate surface area is 149 Å². The van der Waals surface area contributed by atoms with Crippen LogP contribution in [0, 0.1) is 0 Å². The van der Waals surface area contributed by atoms with Gasteiger partial charge in [-0.3, -0.25) is 4.98 Å². The molecule has 3 rings (SSSR count). The summed E-state index contributed by atoms with van der Waals surface area (Å²) in [5, 5.41) is 0.141. The standard InChI is InChI=1S/C16H12Cl2N2O3S/c17-12-3-1-4-13(18)16(12)24(21,22)20-10-11-6-7-14(19-9-11)15-5-2-8-23-15/h1-9,20H,10H2. The van der Waals surface area contributed by atoms with E-state index in [2.05, 4.69) is 9.71 Å². The first-order chi connectivity index (χ1) is 11.5. The second kappa shape index (κ2) is 6.94. The van der Waals surface area contributed by atoms with Gasteiger partial charge in [0.1, 0.15) is 10.6 Å². The Kier molecular flexibility index (Phi) is 4.91. The van der Waals surface area contributed by atoms with E-state index in [0.717, 1.165) is 0 Å². The molecule has 3 aromatic rings. The SMILES string of the molecule is O=S(=O)(NCc1ccc(-c2ccco2)nc1)c1c(Cl)cccc1Cl. The smallest absolute Gasteiger partial charge is 0.243 e. The lowest BCUT2D eigenvalue weighted by atomic mass is 10.2. The highest BCUT2D eigenvalue weighted by molar-refractivity contribution is 7.89. The summed E-state index contributed by atoms with van der Waals surface area (Å²) in [4.78, 5) is 4.12. The van der Waals surface area contributed by atoms with Crippen molar-refractivity contribution in [1.29, 1.82) is 0 Å². The van der Waals surface area contributed by atoms with Crippen LogP contribution < -0.4 is 4.72 Å². The lowest BCUT2D eigenvalue weighted by molar-refractivity contribution is 0.578. The molecule has 8 heteroatoms. The summed E-state index contributed by atoms with van der Waals surface area (Å²) in [5.74, 6) is 0.643. The molecule has 0 fully saturated rings. The molecule has 0 saturated carbocycles. The molecular formula is C16H12Cl2N2O3S. The van der Waals surface area contributed by atoms with Gasteiger partial charge in [0.15, 0.2) is 5.76 Å². The van der Waals surface area contributed by atoms with Crippen LogP contribution in [0.3, 0.4) is 0 Å². The number of sulfonamides is 1. The van der Waals surface area contributed by atoms with Crippen LogP contribution in [0.25, 0.3) is 11.5 Å². The van der Waals surface area contributed by atoms with Crippen LogP contribution in [0.1, 0.15) is 5.56 Å². The van der Waals surface area contributed by atoms with E-state index in [9.17, 15) is 8.42 Å². The average Bonchev–Trinajstić information content (AvgIpc) is 3.07. The lowest BCUT2D eigenvalue weighted by Crippen LogP contribution is -2.24. The van der Waals surface area contributed by atoms with Gasteiger partial charge in [0.05, 0.1) is 16.3 Å². The first kappa shape index (κ1) is 17.0. The van der Waals surface area contributed by atoms with E-state index < -0.39 is 10.0 Å². The van der Waals surface area contributed by atoms with Gasteiger partial charge in [0.25, 0.3) is 0 Å². The molecule has 0 bridgehead atoms. The van der Waals surface area contributed by atoms with Gasteiger partial charge in [-0.1, -0.05) is 35.3 Å². The van der Waals surface area contributed by atoms with E-state index in [1.54, 1.807) is 42.8 Å². The van der Waals surface area contributed by atoms with Gasteiger partial charge in [-0.2, -0.15) is 0 Å². The van der Waals surface area contributed by atoms with Gasteiger partial charge in [0, 0.05) is 12.7 Å². The van der Waals surface area contributed by atoms with E-state index >= 15 is 0 Å². The van der Waals surface area contributed by atoms with Crippen molar-refractivity contribution in [2.45, 2.75) is 11.4 Å². The third kappa shape index (κ3) is 3.62. The van der Waals surface area contributed by atoms with Crippen LogP contribution in [0.4, 0.5) is 0 Å². The number of halogens is 2. The van der Waals surface area contributed by atoms with Gasteiger partial charge in [0.2, 0.25) is 10.0 Å². The van der Waals surface area contributed by atoms with E-state index in [0.29, 0.717) is 17.0 Å². The van der Waals surface area contributed by atoms with Crippen molar-refractivity contribution < 1.29 is 12.8 Å². The number of hydrogen-bond acceptors (Lipinski definition) is 4. The summed E-state index contributed by atoms with van der Waals surface area (Å²) >= 11 is 11.9. The number of nitrogens with one attached hydrogen (secondary N) is 1. The van der Waals surface area contributed by atoms with Gasteiger partial charge >= 0.3 is 0 Å². The van der Waals surface area contributed by atoms with Crippen LogP contribution >= 0.6 is 23.2 Å². The fourth-order valence-corrected chi connectivity index (χ4v) is 4.25. The summed E-state index contributed by atoms with van der Waals surface area (Å²) in [6.07, 6.45) is 3.14. The predicted molar refractivity (Wildman–Crippen MR) is 92.4 cm³/mol. The molecule has 0 atom stereocenters. The highest BCUT2D eigenvalue weighted by Crippen LogP contribution is 2.28. The van der Waals surface area contributed by atoms with Gasteiger partial charge in [-0.15, -0.1) is 0 Å². The highest BCUT2D eigenvalue weighted by Gasteiger charge is 2.21. The van der Waals surface area contributed by atoms with Crippen LogP contribution in [-0.2, 0) is 16.6 Å². The van der Waals surface area contributed by atoms with Gasteiger partial charge in [-0.05, 0) is 35.9 Å². The maximum absolute atomic E-state index is 12.4. The topological polar surface area (TPSA) is 72.2 Å². The number of pyridine rings is 1. The molecule has 1 aromatic carbocycles. The summed E-state index contributed by atoms with van der Waals surface area (Å²) in [7, 11) is -3.83. The molecule has 0 amide bonds. The zero-order chi connectivity index (χ0) is 17.2. The Hall–Kier alpha value is -1.86. The minimum absolute atomic E-state index is 0.0648. The van der Waals surface area contributed by atoms with Crippen molar-refractivity contribution in [1.82, 2.24) is 9.71 Å². The maximum Gasteiger partial charge on any atom is 0.243 e. The molecule has 2 heterocycles. The Morgan fingerprint density at radius 3 is 2.38 bits per heavy atom. The number of rotatable bonds is 5. The second-order valence-electron chi connectivity index (χ2n) is 4.90. The monoisotopic (exact) mass is 382 g/mol. The van der Waals surface area contributed by atoms with Crippen LogP contribution in [0.2, 0.25) is 10.0 Å². The molecule has 24 heavy (non-hydrogen) atoms. The first-order valence-electron chi connectivity index (χ1n) is 6.90. The van der Waals surface area contributed by atoms with Crippen molar-refractivity contribution in [2.24, 2.45) is 0 Å². The Morgan fingerprint density at radius 1 is 1.04 bits per heavy atom. The molecule has 0 spiro atoms. The molecule has 1 N–H and O–H groups in total. The largest absolute Gasteiger partial charge is 0.463 e. The number of aromatic nitrogens is 1. The number of benzene rings is 1. The Morgan fingerprint density at radius 2 is 1.79 bits per heavy atom. The fraction of sp³-hybridized carbons (Fsp3) is 0.0625. The molecule has 2 aromatic heterocycles. The molecular weight excluding hydrogens is 371 g/mol. The van der Waals surface area contributed by atoms with E-state index in [-0.39, 0.29) is 21.5 Å². The maximum atomic E-state index is 12.4. The summed E-state index contributed by atoms with van der Waals surface area (Å²) in [5.41, 5.74) is 1.36. The summed E-state index contributed by atoms with van der Waals surface area (Å²) in [6.45, 7) is 0.0648. The molecule has 124 valence electrons. The van der Waals surface area contributed by atoms with Gasteiger partial charge in [-0.25, -0.2) is 13.1 Å². The van der Waals surface area contributed by atoms with Crippen molar-refractivity contribution in [3.8, 4) is 11.5 Å². The average molecular weight is 383 g/mol. The zero-order valence-electron chi connectivity index (χ0n) is 12.2. The molecule has 0 radical (unpaired) electrons. The minimum Gasteiger partial charge on any atom is -0.463 e. The van der Waals surface area contributed by atoms with Gasteiger partial charge < -0.3 is 4.42 Å². The highest BCUT2D eigenvalue weighted by atomic mass is 35.5. The normalized spacial score (nSPS) is 11.6. The quantitative estimate of drug-likeness (QED) is 0.719. The fourth-order valence-electron chi connectivity index (χ4n) is 2.09. The third-order valence-corrected chi connectivity index (χ3v) is 5.61. The molecule has 0 aliphatic carbocycles. The lowest BCUT2D eigenvalue weighted by Gasteiger charge is -2.10. The van der Waals surface area contributed by atoms with Crippen molar-refractivity contribution >= 4 is 33.2 Å². The van der Waals surface area contributed by atoms with Crippen molar-refractivity contribution in [3.05, 3.63) is 70.5 Å². The third-order valence-electron chi connectivity index (χ3n) is 3.25. The van der Waals surface area contributed by atoms with Crippen LogP contribution in [-0.4, -0.2) is 13.4 Å². The summed E-state index contributed by atoms with van der Waals surface area (Å²) < 4.78 is 32.5. The van der Waals surface area contributed by atoms with E-state index in [1.165, 1.54) is 12.1 Å². The molecule has 0 aliphatic rings. The molecule has 0 aliphatic heterocycles. The molecule has 0 saturated heterocycles. The van der Waals surface area contributed by atoms with E-state index in [4.69, 9.17) is 27.6 Å². The van der Waals surface area contributed by atoms with Crippen LogP contribution in [0.15, 0.2) is 64.2 Å². The number of nitrogens with zero attached hydrogens (tertiary/aromatic N) is 1. The van der Waals surface area contributed by atoms with Crippen molar-refractivity contribution in [3.63, 3.8) is 0 Å².